The van der Waals surface area contributed by atoms with Gasteiger partial charge in [-0.2, -0.15) is 0 Å². The van der Waals surface area contributed by atoms with Crippen molar-refractivity contribution in [2.45, 2.75) is 20.8 Å². The molecule has 2 aromatic carbocycles. The molecule has 132 valence electrons. The van der Waals surface area contributed by atoms with E-state index < -0.39 is 0 Å². The topological polar surface area (TPSA) is 38.8 Å². The van der Waals surface area contributed by atoms with Crippen molar-refractivity contribution in [3.05, 3.63) is 47.5 Å². The fourth-order valence-electron chi connectivity index (χ4n) is 3.33. The van der Waals surface area contributed by atoms with Crippen molar-refractivity contribution in [3.8, 4) is 22.6 Å². The summed E-state index contributed by atoms with van der Waals surface area (Å²) in [4.78, 5) is 15.2. The lowest BCUT2D eigenvalue weighted by Gasteiger charge is -2.18. The minimum atomic E-state index is 0.0185. The average molecular weight is 339 g/mol. The number of ether oxygens (including phenoxy) is 2. The summed E-state index contributed by atoms with van der Waals surface area (Å²) < 4.78 is 11.7. The number of benzene rings is 2. The largest absolute Gasteiger partial charge is 0.493 e. The molecule has 0 bridgehead atoms. The first kappa shape index (κ1) is 17.5. The molecule has 0 radical (unpaired) electrons. The number of likely N-dealkylation sites (N-methyl/N-ethyl adjacent to an activating group) is 1. The second-order valence-electron chi connectivity index (χ2n) is 5.99. The van der Waals surface area contributed by atoms with E-state index in [1.807, 2.05) is 43.3 Å². The Balaban J connectivity index is 1.90. The first-order valence-corrected chi connectivity index (χ1v) is 9.00. The molecular formula is C21H25NO3. The fourth-order valence-corrected chi connectivity index (χ4v) is 3.33. The van der Waals surface area contributed by atoms with Crippen LogP contribution in [0, 0.1) is 0 Å². The van der Waals surface area contributed by atoms with Crippen LogP contribution in [0.1, 0.15) is 36.7 Å². The summed E-state index contributed by atoms with van der Waals surface area (Å²) in [6, 6.07) is 11.4. The molecule has 0 spiro atoms. The highest BCUT2D eigenvalue weighted by Crippen LogP contribution is 2.45. The van der Waals surface area contributed by atoms with Gasteiger partial charge in [0.2, 0.25) is 0 Å². The van der Waals surface area contributed by atoms with Crippen LogP contribution in [-0.4, -0.2) is 43.5 Å². The van der Waals surface area contributed by atoms with E-state index in [0.717, 1.165) is 36.5 Å². The van der Waals surface area contributed by atoms with Gasteiger partial charge in [0, 0.05) is 23.2 Å². The number of carbonyl (C=O) groups is 1. The molecule has 0 saturated carbocycles. The predicted octanol–water partition coefficient (Wildman–Crippen LogP) is 4.02. The molecular weight excluding hydrogens is 314 g/mol. The van der Waals surface area contributed by atoms with E-state index in [9.17, 15) is 4.79 Å². The Morgan fingerprint density at radius 1 is 0.840 bits per heavy atom. The first-order chi connectivity index (χ1) is 12.2. The van der Waals surface area contributed by atoms with Crippen LogP contribution >= 0.6 is 0 Å². The quantitative estimate of drug-likeness (QED) is 0.621. The number of rotatable bonds is 8. The average Bonchev–Trinajstić information content (AvgIpc) is 2.93. The Morgan fingerprint density at radius 3 is 2.12 bits per heavy atom. The Bertz CT molecular complexity index is 766. The summed E-state index contributed by atoms with van der Waals surface area (Å²) in [5.41, 5.74) is 3.15. The van der Waals surface area contributed by atoms with Gasteiger partial charge in [-0.25, -0.2) is 0 Å². The second-order valence-corrected chi connectivity index (χ2v) is 5.99. The van der Waals surface area contributed by atoms with Crippen molar-refractivity contribution in [3.63, 3.8) is 0 Å². The Labute approximate surface area is 149 Å². The van der Waals surface area contributed by atoms with Crippen LogP contribution in [0.2, 0.25) is 0 Å². The fraction of sp³-hybridized carbons (Fsp3) is 0.381. The van der Waals surface area contributed by atoms with Crippen LogP contribution in [0.25, 0.3) is 11.1 Å². The highest BCUT2D eigenvalue weighted by atomic mass is 16.5. The maximum Gasteiger partial charge on any atom is 0.198 e. The van der Waals surface area contributed by atoms with Crippen molar-refractivity contribution < 1.29 is 14.3 Å². The van der Waals surface area contributed by atoms with Crippen molar-refractivity contribution in [2.75, 3.05) is 32.8 Å². The molecule has 0 unspecified atom stereocenters. The second kappa shape index (κ2) is 7.70. The summed E-state index contributed by atoms with van der Waals surface area (Å²) in [6.07, 6.45) is 0. The lowest BCUT2D eigenvalue weighted by Crippen LogP contribution is -2.28. The third kappa shape index (κ3) is 3.27. The lowest BCUT2D eigenvalue weighted by molar-refractivity contribution is 0.103. The van der Waals surface area contributed by atoms with Crippen LogP contribution in [0.5, 0.6) is 11.5 Å². The smallest absolute Gasteiger partial charge is 0.198 e. The van der Waals surface area contributed by atoms with E-state index in [0.29, 0.717) is 30.1 Å². The normalized spacial score (nSPS) is 12.2. The van der Waals surface area contributed by atoms with Crippen LogP contribution in [0.3, 0.4) is 0 Å². The van der Waals surface area contributed by atoms with Gasteiger partial charge in [-0.1, -0.05) is 38.1 Å². The molecule has 0 saturated heterocycles. The van der Waals surface area contributed by atoms with Gasteiger partial charge in [0.1, 0.15) is 18.1 Å². The van der Waals surface area contributed by atoms with E-state index in [1.54, 1.807) is 0 Å². The van der Waals surface area contributed by atoms with Gasteiger partial charge in [0.05, 0.1) is 12.2 Å². The Morgan fingerprint density at radius 2 is 1.48 bits per heavy atom. The summed E-state index contributed by atoms with van der Waals surface area (Å²) in [6.45, 7) is 10.2. The minimum absolute atomic E-state index is 0.0185. The molecule has 4 nitrogen and oxygen atoms in total. The number of hydrogen-bond donors (Lipinski definition) is 0. The molecule has 0 aliphatic heterocycles. The predicted molar refractivity (Wildman–Crippen MR) is 99.8 cm³/mol. The summed E-state index contributed by atoms with van der Waals surface area (Å²) in [5.74, 6) is 1.44. The number of nitrogens with zero attached hydrogens (tertiary/aromatic N) is 1. The van der Waals surface area contributed by atoms with E-state index in [4.69, 9.17) is 9.47 Å². The molecule has 0 atom stereocenters. The summed E-state index contributed by atoms with van der Waals surface area (Å²) in [7, 11) is 0. The molecule has 3 rings (SSSR count). The number of hydrogen-bond acceptors (Lipinski definition) is 4. The highest BCUT2D eigenvalue weighted by Gasteiger charge is 2.32. The summed E-state index contributed by atoms with van der Waals surface area (Å²) >= 11 is 0. The third-order valence-electron chi connectivity index (χ3n) is 4.65. The van der Waals surface area contributed by atoms with Crippen LogP contribution in [0.15, 0.2) is 36.4 Å². The molecule has 1 aliphatic rings. The van der Waals surface area contributed by atoms with E-state index in [-0.39, 0.29) is 5.78 Å². The van der Waals surface area contributed by atoms with Gasteiger partial charge in [-0.05, 0) is 32.1 Å². The zero-order chi connectivity index (χ0) is 17.8. The molecule has 4 heteroatoms. The van der Waals surface area contributed by atoms with Gasteiger partial charge < -0.3 is 14.4 Å². The molecule has 0 N–H and O–H groups in total. The Kier molecular flexibility index (Phi) is 5.39. The maximum atomic E-state index is 12.9. The van der Waals surface area contributed by atoms with E-state index in [1.165, 1.54) is 0 Å². The Hall–Kier alpha value is -2.33. The SMILES string of the molecule is CCOc1cccc2c1-c1cccc(OCCN(CC)CC)c1C2=O. The number of carbonyl (C=O) groups excluding carboxylic acids is 1. The van der Waals surface area contributed by atoms with Gasteiger partial charge >= 0.3 is 0 Å². The maximum absolute atomic E-state index is 12.9. The van der Waals surface area contributed by atoms with Crippen molar-refractivity contribution in [2.24, 2.45) is 0 Å². The molecule has 2 aromatic rings. The molecule has 0 amide bonds. The van der Waals surface area contributed by atoms with Gasteiger partial charge in [0.15, 0.2) is 5.78 Å². The first-order valence-electron chi connectivity index (χ1n) is 9.00. The number of fused-ring (bicyclic) bond motifs is 3. The van der Waals surface area contributed by atoms with E-state index in [2.05, 4.69) is 18.7 Å². The van der Waals surface area contributed by atoms with Crippen molar-refractivity contribution >= 4 is 5.78 Å². The van der Waals surface area contributed by atoms with Crippen molar-refractivity contribution in [1.29, 1.82) is 0 Å². The van der Waals surface area contributed by atoms with Crippen LogP contribution < -0.4 is 9.47 Å². The van der Waals surface area contributed by atoms with Crippen LogP contribution in [0.4, 0.5) is 0 Å². The molecule has 25 heavy (non-hydrogen) atoms. The highest BCUT2D eigenvalue weighted by molar-refractivity contribution is 6.24. The van der Waals surface area contributed by atoms with Crippen LogP contribution in [-0.2, 0) is 0 Å². The monoisotopic (exact) mass is 339 g/mol. The third-order valence-corrected chi connectivity index (χ3v) is 4.65. The standard InChI is InChI=1S/C21H25NO3/c1-4-22(5-2)13-14-25-18-12-7-9-15-19-16(21(23)20(15)18)10-8-11-17(19)24-6-3/h7-12H,4-6,13-14H2,1-3H3. The molecule has 0 fully saturated rings. The molecule has 0 heterocycles. The zero-order valence-electron chi connectivity index (χ0n) is 15.2. The minimum Gasteiger partial charge on any atom is -0.493 e. The zero-order valence-corrected chi connectivity index (χ0v) is 15.2. The lowest BCUT2D eigenvalue weighted by atomic mass is 10.0. The molecule has 0 aromatic heterocycles. The molecule has 1 aliphatic carbocycles. The summed E-state index contributed by atoms with van der Waals surface area (Å²) in [5, 5.41) is 0. The number of ketones is 1. The van der Waals surface area contributed by atoms with Crippen molar-refractivity contribution in [1.82, 2.24) is 4.90 Å². The van der Waals surface area contributed by atoms with Gasteiger partial charge in [-0.15, -0.1) is 0 Å². The van der Waals surface area contributed by atoms with Gasteiger partial charge in [0.25, 0.3) is 0 Å². The van der Waals surface area contributed by atoms with E-state index >= 15 is 0 Å². The van der Waals surface area contributed by atoms with Gasteiger partial charge in [-0.3, -0.25) is 4.79 Å².